The zero-order chi connectivity index (χ0) is 31.6. The van der Waals surface area contributed by atoms with Crippen molar-refractivity contribution < 1.29 is 28.5 Å². The van der Waals surface area contributed by atoms with Gasteiger partial charge < -0.3 is 23.5 Å². The van der Waals surface area contributed by atoms with Gasteiger partial charge >= 0.3 is 5.97 Å². The minimum Gasteiger partial charge on any atom is -0.496 e. The Balaban J connectivity index is 0.986. The molecule has 3 aliphatic rings. The number of esters is 1. The first kappa shape index (κ1) is 30.4. The number of ether oxygens (including phenoxy) is 4. The molecule has 1 saturated carbocycles. The molecule has 0 N–H and O–H groups in total. The molecule has 10 heteroatoms. The second-order valence-electron chi connectivity index (χ2n) is 12.5. The SMILES string of the molecule is COC(=O)c1ccc2nc(CN3CCC(c4cccc(OCc5ccc(C(=O)C6CC6)cc5OC)n4)CC3)n(CC3CCO3)c2c1. The van der Waals surface area contributed by atoms with Crippen LogP contribution in [0.15, 0.2) is 54.6 Å². The van der Waals surface area contributed by atoms with Gasteiger partial charge in [0.15, 0.2) is 5.78 Å². The Bertz CT molecular complexity index is 1740. The van der Waals surface area contributed by atoms with Crippen LogP contribution in [0.3, 0.4) is 0 Å². The third kappa shape index (κ3) is 6.50. The first-order valence-electron chi connectivity index (χ1n) is 16.2. The summed E-state index contributed by atoms with van der Waals surface area (Å²) in [5, 5.41) is 0. The summed E-state index contributed by atoms with van der Waals surface area (Å²) < 4.78 is 24.6. The van der Waals surface area contributed by atoms with Gasteiger partial charge in [0, 0.05) is 41.3 Å². The summed E-state index contributed by atoms with van der Waals surface area (Å²) in [6.45, 7) is 4.40. The maximum atomic E-state index is 12.5. The number of hydrogen-bond acceptors (Lipinski definition) is 9. The van der Waals surface area contributed by atoms with Gasteiger partial charge in [-0.25, -0.2) is 14.8 Å². The lowest BCUT2D eigenvalue weighted by Gasteiger charge is -2.32. The average Bonchev–Trinajstić information content (AvgIpc) is 3.87. The number of benzene rings is 2. The molecule has 1 aliphatic carbocycles. The lowest BCUT2D eigenvalue weighted by atomic mass is 9.93. The summed E-state index contributed by atoms with van der Waals surface area (Å²) >= 11 is 0. The van der Waals surface area contributed by atoms with E-state index in [9.17, 15) is 9.59 Å². The highest BCUT2D eigenvalue weighted by Crippen LogP contribution is 2.34. The Kier molecular flexibility index (Phi) is 8.73. The number of Topliss-reactive ketones (excluding diaryl/α,β-unsaturated/α-hetero) is 1. The van der Waals surface area contributed by atoms with Gasteiger partial charge in [-0.3, -0.25) is 9.69 Å². The third-order valence-electron chi connectivity index (χ3n) is 9.44. The zero-order valence-corrected chi connectivity index (χ0v) is 26.4. The van der Waals surface area contributed by atoms with Crippen LogP contribution in [0.1, 0.15) is 75.8 Å². The van der Waals surface area contributed by atoms with Crippen molar-refractivity contribution in [3.05, 3.63) is 82.8 Å². The van der Waals surface area contributed by atoms with Crippen molar-refractivity contribution in [3.63, 3.8) is 0 Å². The van der Waals surface area contributed by atoms with Gasteiger partial charge in [0.1, 0.15) is 18.2 Å². The smallest absolute Gasteiger partial charge is 0.337 e. The van der Waals surface area contributed by atoms with Crippen LogP contribution < -0.4 is 9.47 Å². The van der Waals surface area contributed by atoms with E-state index in [2.05, 4.69) is 15.5 Å². The van der Waals surface area contributed by atoms with Crippen LogP contribution in [0.4, 0.5) is 0 Å². The average molecular weight is 625 g/mol. The molecule has 4 aromatic rings. The number of carbonyl (C=O) groups excluding carboxylic acids is 2. The van der Waals surface area contributed by atoms with E-state index in [1.807, 2.05) is 42.5 Å². The van der Waals surface area contributed by atoms with Crippen LogP contribution in [-0.4, -0.2) is 71.2 Å². The summed E-state index contributed by atoms with van der Waals surface area (Å²) in [6, 6.07) is 17.1. The number of hydrogen-bond donors (Lipinski definition) is 0. The molecule has 7 rings (SSSR count). The van der Waals surface area contributed by atoms with E-state index in [0.29, 0.717) is 35.3 Å². The van der Waals surface area contributed by atoms with Crippen LogP contribution in [0.25, 0.3) is 11.0 Å². The second kappa shape index (κ2) is 13.2. The zero-order valence-electron chi connectivity index (χ0n) is 26.4. The van der Waals surface area contributed by atoms with Crippen LogP contribution in [0.2, 0.25) is 0 Å². The number of imidazole rings is 1. The molecular weight excluding hydrogens is 584 g/mol. The van der Waals surface area contributed by atoms with Gasteiger partial charge in [-0.1, -0.05) is 18.2 Å². The number of carbonyl (C=O) groups is 2. The summed E-state index contributed by atoms with van der Waals surface area (Å²) in [5.41, 5.74) is 4.95. The molecule has 2 aromatic heterocycles. The Morgan fingerprint density at radius 3 is 2.46 bits per heavy atom. The lowest BCUT2D eigenvalue weighted by molar-refractivity contribution is -0.0592. The van der Waals surface area contributed by atoms with E-state index >= 15 is 0 Å². The highest BCUT2D eigenvalue weighted by Gasteiger charge is 2.31. The number of likely N-dealkylation sites (tertiary alicyclic amines) is 1. The van der Waals surface area contributed by atoms with Crippen molar-refractivity contribution in [3.8, 4) is 11.6 Å². The topological polar surface area (TPSA) is 105 Å². The molecule has 1 atom stereocenters. The van der Waals surface area contributed by atoms with Gasteiger partial charge in [0.05, 0.1) is 50.0 Å². The number of pyridine rings is 1. The predicted octanol–water partition coefficient (Wildman–Crippen LogP) is 5.57. The molecule has 2 aliphatic heterocycles. The molecule has 3 fully saturated rings. The first-order chi connectivity index (χ1) is 22.5. The van der Waals surface area contributed by atoms with E-state index in [1.54, 1.807) is 13.2 Å². The lowest BCUT2D eigenvalue weighted by Crippen LogP contribution is -2.35. The van der Waals surface area contributed by atoms with Gasteiger partial charge in [-0.15, -0.1) is 0 Å². The normalized spacial score (nSPS) is 18.7. The van der Waals surface area contributed by atoms with Crippen molar-refractivity contribution in [1.29, 1.82) is 0 Å². The fourth-order valence-electron chi connectivity index (χ4n) is 6.45. The molecule has 0 spiro atoms. The van der Waals surface area contributed by atoms with Gasteiger partial charge in [-0.2, -0.15) is 0 Å². The highest BCUT2D eigenvalue weighted by molar-refractivity contribution is 5.99. The minimum atomic E-state index is -0.350. The number of ketones is 1. The van der Waals surface area contributed by atoms with Gasteiger partial charge in [-0.05, 0) is 75.5 Å². The van der Waals surface area contributed by atoms with Crippen molar-refractivity contribution in [2.45, 2.75) is 63.8 Å². The highest BCUT2D eigenvalue weighted by atomic mass is 16.5. The number of rotatable bonds is 12. The largest absolute Gasteiger partial charge is 0.496 e. The molecule has 0 bridgehead atoms. The molecule has 46 heavy (non-hydrogen) atoms. The predicted molar refractivity (Wildman–Crippen MR) is 171 cm³/mol. The summed E-state index contributed by atoms with van der Waals surface area (Å²) in [5.74, 6) is 2.58. The first-order valence-corrected chi connectivity index (χ1v) is 16.2. The summed E-state index contributed by atoms with van der Waals surface area (Å²) in [7, 11) is 3.02. The maximum Gasteiger partial charge on any atom is 0.337 e. The Morgan fingerprint density at radius 2 is 1.74 bits per heavy atom. The molecule has 10 nitrogen and oxygen atoms in total. The summed E-state index contributed by atoms with van der Waals surface area (Å²) in [4.78, 5) is 37.0. The van der Waals surface area contributed by atoms with E-state index in [4.69, 9.17) is 28.9 Å². The van der Waals surface area contributed by atoms with Gasteiger partial charge in [0.2, 0.25) is 5.88 Å². The van der Waals surface area contributed by atoms with Crippen molar-refractivity contribution >= 4 is 22.8 Å². The molecular formula is C36H40N4O6. The molecule has 4 heterocycles. The van der Waals surface area contributed by atoms with E-state index < -0.39 is 0 Å². The van der Waals surface area contributed by atoms with E-state index in [-0.39, 0.29) is 23.8 Å². The molecule has 2 aromatic carbocycles. The number of methoxy groups -OCH3 is 2. The third-order valence-corrected chi connectivity index (χ3v) is 9.44. The number of aromatic nitrogens is 3. The van der Waals surface area contributed by atoms with E-state index in [1.165, 1.54) is 7.11 Å². The van der Waals surface area contributed by atoms with Crippen LogP contribution in [-0.2, 0) is 29.2 Å². The standard InChI is InChI=1S/C36H40N4O6/c1-43-32-19-25(35(41)24-6-7-24)8-9-27(32)22-46-34-5-3-4-29(38-34)23-12-15-39(16-13-23)21-33-37-30-11-10-26(36(42)44-2)18-31(30)40(33)20-28-14-17-45-28/h3-5,8-11,18-19,23-24,28H,6-7,12-17,20-22H2,1-2H3. The molecule has 240 valence electrons. The quantitative estimate of drug-likeness (QED) is 0.148. The fraction of sp³-hybridized carbons (Fsp3) is 0.444. The van der Waals surface area contributed by atoms with Crippen molar-refractivity contribution in [2.75, 3.05) is 33.9 Å². The second-order valence-corrected chi connectivity index (χ2v) is 12.5. The molecule has 2 saturated heterocycles. The van der Waals surface area contributed by atoms with E-state index in [0.717, 1.165) is 93.0 Å². The minimum absolute atomic E-state index is 0.168. The van der Waals surface area contributed by atoms with Crippen molar-refractivity contribution in [2.24, 2.45) is 5.92 Å². The summed E-state index contributed by atoms with van der Waals surface area (Å²) in [6.07, 6.45) is 5.12. The number of nitrogens with zero attached hydrogens (tertiary/aromatic N) is 4. The van der Waals surface area contributed by atoms with Crippen LogP contribution in [0, 0.1) is 5.92 Å². The molecule has 0 amide bonds. The molecule has 0 radical (unpaired) electrons. The Morgan fingerprint density at radius 1 is 0.935 bits per heavy atom. The fourth-order valence-corrected chi connectivity index (χ4v) is 6.45. The molecule has 1 unspecified atom stereocenters. The van der Waals surface area contributed by atoms with Gasteiger partial charge in [0.25, 0.3) is 0 Å². The number of piperidine rings is 1. The Labute approximate surface area is 268 Å². The van der Waals surface area contributed by atoms with Crippen LogP contribution in [0.5, 0.6) is 11.6 Å². The maximum absolute atomic E-state index is 12.5. The number of fused-ring (bicyclic) bond motifs is 1. The Hall–Kier alpha value is -4.28. The van der Waals surface area contributed by atoms with Crippen molar-refractivity contribution in [1.82, 2.24) is 19.4 Å². The van der Waals surface area contributed by atoms with Crippen LogP contribution >= 0.6 is 0 Å². The monoisotopic (exact) mass is 624 g/mol.